The highest BCUT2D eigenvalue weighted by Crippen LogP contribution is 2.29. The monoisotopic (exact) mass is 356 g/mol. The molecule has 0 fully saturated rings. The summed E-state index contributed by atoms with van der Waals surface area (Å²) in [5.41, 5.74) is 3.66. The topological polar surface area (TPSA) is 98.5 Å². The Morgan fingerprint density at radius 2 is 1.60 bits per heavy atom. The summed E-state index contributed by atoms with van der Waals surface area (Å²) in [6, 6.07) is 0. The van der Waals surface area contributed by atoms with Crippen LogP contribution in [0.5, 0.6) is 0 Å². The Hall–Kier alpha value is -1.43. The molecule has 0 radical (unpaired) electrons. The Labute approximate surface area is 152 Å². The number of hydrogen-bond acceptors (Lipinski definition) is 5. The van der Waals surface area contributed by atoms with Gasteiger partial charge in [-0.25, -0.2) is 0 Å². The minimum atomic E-state index is -1.93. The quantitative estimate of drug-likeness (QED) is 0.488. The number of ketones is 1. The van der Waals surface area contributed by atoms with Crippen LogP contribution in [-0.4, -0.2) is 35.8 Å². The van der Waals surface area contributed by atoms with Crippen LogP contribution >= 0.6 is 0 Å². The lowest BCUT2D eigenvalue weighted by Gasteiger charge is -2.37. The van der Waals surface area contributed by atoms with Gasteiger partial charge < -0.3 is 15.8 Å². The second-order valence-electron chi connectivity index (χ2n) is 8.41. The van der Waals surface area contributed by atoms with Gasteiger partial charge in [-0.1, -0.05) is 34.1 Å². The Bertz CT molecular complexity index is 480. The molecule has 2 atom stereocenters. The van der Waals surface area contributed by atoms with Crippen LogP contribution in [0.15, 0.2) is 0 Å². The highest BCUT2D eigenvalue weighted by Gasteiger charge is 2.53. The van der Waals surface area contributed by atoms with Gasteiger partial charge >= 0.3 is 5.97 Å². The molecule has 6 nitrogen and oxygen atoms in total. The summed E-state index contributed by atoms with van der Waals surface area (Å²) >= 11 is 0. The molecule has 146 valence electrons. The van der Waals surface area contributed by atoms with E-state index in [4.69, 9.17) is 10.5 Å². The number of rotatable bonds is 9. The van der Waals surface area contributed by atoms with E-state index < -0.39 is 34.7 Å². The fraction of sp³-hybridized carbons (Fsp3) is 0.842. The van der Waals surface area contributed by atoms with Crippen molar-refractivity contribution in [3.05, 3.63) is 0 Å². The van der Waals surface area contributed by atoms with Crippen molar-refractivity contribution in [2.75, 3.05) is 7.05 Å². The Balaban J connectivity index is 5.72. The molecule has 0 saturated carbocycles. The van der Waals surface area contributed by atoms with E-state index >= 15 is 0 Å². The summed E-state index contributed by atoms with van der Waals surface area (Å²) in [7, 11) is 1.41. The summed E-state index contributed by atoms with van der Waals surface area (Å²) in [4.78, 5) is 38.1. The van der Waals surface area contributed by atoms with Gasteiger partial charge in [0.15, 0.2) is 11.3 Å². The van der Waals surface area contributed by atoms with Gasteiger partial charge in [-0.15, -0.1) is 0 Å². The van der Waals surface area contributed by atoms with Crippen molar-refractivity contribution >= 4 is 17.7 Å². The van der Waals surface area contributed by atoms with E-state index in [1.165, 1.54) is 7.05 Å². The third kappa shape index (κ3) is 6.77. The SMILES string of the molecule is CNC(=O)[C@](N)(C(=O)CCCC(C)C)C(C(=O)OC(C)(C)C)C(C)C. The number of nitrogens with one attached hydrogen (secondary N) is 1. The number of carbonyl (C=O) groups is 3. The van der Waals surface area contributed by atoms with Crippen LogP contribution in [0.1, 0.15) is 67.7 Å². The molecule has 0 bridgehead atoms. The van der Waals surface area contributed by atoms with Crippen molar-refractivity contribution < 1.29 is 19.1 Å². The van der Waals surface area contributed by atoms with Gasteiger partial charge in [0.05, 0.1) is 5.92 Å². The number of likely N-dealkylation sites (N-methyl/N-ethyl adjacent to an activating group) is 1. The molecule has 0 aromatic rings. The first-order chi connectivity index (χ1) is 11.3. The van der Waals surface area contributed by atoms with Crippen LogP contribution in [0, 0.1) is 17.8 Å². The van der Waals surface area contributed by atoms with Crippen molar-refractivity contribution in [3.8, 4) is 0 Å². The molecule has 0 aliphatic carbocycles. The number of Topliss-reactive ketones (excluding diaryl/α,β-unsaturated/α-hetero) is 1. The molecule has 0 rings (SSSR count). The standard InChI is InChI=1S/C19H36N2O4/c1-12(2)10-9-11-14(22)19(20,17(24)21-8)15(13(3)4)16(23)25-18(5,6)7/h12-13,15H,9-11,20H2,1-8H3,(H,21,24)/t15?,19-/m0/s1. The molecule has 6 heteroatoms. The zero-order chi connectivity index (χ0) is 20.0. The number of esters is 1. The fourth-order valence-corrected chi connectivity index (χ4v) is 2.87. The fourth-order valence-electron chi connectivity index (χ4n) is 2.87. The van der Waals surface area contributed by atoms with Gasteiger partial charge in [0.25, 0.3) is 0 Å². The average Bonchev–Trinajstić information content (AvgIpc) is 2.43. The van der Waals surface area contributed by atoms with Crippen LogP contribution in [-0.2, 0) is 19.1 Å². The number of ether oxygens (including phenoxy) is 1. The number of carbonyl (C=O) groups excluding carboxylic acids is 3. The molecule has 0 aromatic heterocycles. The minimum Gasteiger partial charge on any atom is -0.460 e. The summed E-state index contributed by atoms with van der Waals surface area (Å²) < 4.78 is 5.44. The molecule has 25 heavy (non-hydrogen) atoms. The van der Waals surface area contributed by atoms with E-state index in [1.807, 2.05) is 0 Å². The second kappa shape index (κ2) is 9.32. The lowest BCUT2D eigenvalue weighted by Crippen LogP contribution is -2.67. The highest BCUT2D eigenvalue weighted by molar-refractivity contribution is 6.13. The van der Waals surface area contributed by atoms with Gasteiger partial charge in [0.2, 0.25) is 5.91 Å². The third-order valence-corrected chi connectivity index (χ3v) is 4.07. The Morgan fingerprint density at radius 1 is 1.08 bits per heavy atom. The number of amides is 1. The normalized spacial score (nSPS) is 15.6. The maximum atomic E-state index is 12.9. The largest absolute Gasteiger partial charge is 0.460 e. The molecule has 0 aliphatic heterocycles. The summed E-state index contributed by atoms with van der Waals surface area (Å²) in [6.07, 6.45) is 1.65. The molecular formula is C19H36N2O4. The molecule has 0 aromatic carbocycles. The van der Waals surface area contributed by atoms with Crippen LogP contribution in [0.2, 0.25) is 0 Å². The maximum absolute atomic E-state index is 12.9. The first kappa shape index (κ1) is 23.6. The van der Waals surface area contributed by atoms with Crippen LogP contribution in [0.3, 0.4) is 0 Å². The smallest absolute Gasteiger partial charge is 0.312 e. The van der Waals surface area contributed by atoms with Crippen molar-refractivity contribution in [2.45, 2.75) is 78.9 Å². The van der Waals surface area contributed by atoms with Crippen LogP contribution < -0.4 is 11.1 Å². The zero-order valence-electron chi connectivity index (χ0n) is 17.1. The van der Waals surface area contributed by atoms with Crippen molar-refractivity contribution in [3.63, 3.8) is 0 Å². The van der Waals surface area contributed by atoms with E-state index in [9.17, 15) is 14.4 Å². The molecule has 0 aliphatic rings. The van der Waals surface area contributed by atoms with E-state index in [0.29, 0.717) is 12.3 Å². The zero-order valence-corrected chi connectivity index (χ0v) is 17.1. The molecular weight excluding hydrogens is 320 g/mol. The summed E-state index contributed by atoms with van der Waals surface area (Å²) in [5, 5.41) is 2.45. The Morgan fingerprint density at radius 3 is 1.96 bits per heavy atom. The molecule has 1 amide bonds. The van der Waals surface area contributed by atoms with Crippen molar-refractivity contribution in [1.82, 2.24) is 5.32 Å². The maximum Gasteiger partial charge on any atom is 0.312 e. The lowest BCUT2D eigenvalue weighted by atomic mass is 9.72. The van der Waals surface area contributed by atoms with E-state index in [2.05, 4.69) is 19.2 Å². The summed E-state index contributed by atoms with van der Waals surface area (Å²) in [5.74, 6) is -2.61. The van der Waals surface area contributed by atoms with Crippen molar-refractivity contribution in [2.24, 2.45) is 23.5 Å². The van der Waals surface area contributed by atoms with Gasteiger partial charge in [-0.3, -0.25) is 14.4 Å². The molecule has 0 saturated heterocycles. The first-order valence-corrected chi connectivity index (χ1v) is 9.04. The molecule has 0 heterocycles. The lowest BCUT2D eigenvalue weighted by molar-refractivity contribution is -0.169. The Kier molecular flexibility index (Phi) is 8.79. The average molecular weight is 357 g/mol. The number of nitrogens with two attached hydrogens (primary N) is 1. The minimum absolute atomic E-state index is 0.161. The molecule has 0 spiro atoms. The van der Waals surface area contributed by atoms with Crippen LogP contribution in [0.4, 0.5) is 0 Å². The highest BCUT2D eigenvalue weighted by atomic mass is 16.6. The molecule has 1 unspecified atom stereocenters. The van der Waals surface area contributed by atoms with Gasteiger partial charge in [-0.05, 0) is 39.0 Å². The third-order valence-electron chi connectivity index (χ3n) is 4.07. The van der Waals surface area contributed by atoms with E-state index in [1.54, 1.807) is 34.6 Å². The van der Waals surface area contributed by atoms with Gasteiger partial charge in [0, 0.05) is 13.5 Å². The number of hydrogen-bond donors (Lipinski definition) is 2. The molecule has 3 N–H and O–H groups in total. The van der Waals surface area contributed by atoms with Crippen LogP contribution in [0.25, 0.3) is 0 Å². The predicted molar refractivity (Wildman–Crippen MR) is 98.9 cm³/mol. The van der Waals surface area contributed by atoms with Gasteiger partial charge in [-0.2, -0.15) is 0 Å². The second-order valence-corrected chi connectivity index (χ2v) is 8.41. The first-order valence-electron chi connectivity index (χ1n) is 9.04. The summed E-state index contributed by atoms with van der Waals surface area (Å²) in [6.45, 7) is 12.9. The van der Waals surface area contributed by atoms with E-state index in [-0.39, 0.29) is 12.3 Å². The van der Waals surface area contributed by atoms with Crippen molar-refractivity contribution in [1.29, 1.82) is 0 Å². The van der Waals surface area contributed by atoms with Gasteiger partial charge in [0.1, 0.15) is 5.60 Å². The van der Waals surface area contributed by atoms with E-state index in [0.717, 1.165) is 6.42 Å². The predicted octanol–water partition coefficient (Wildman–Crippen LogP) is 2.44.